The van der Waals surface area contributed by atoms with E-state index in [1.54, 1.807) is 31.1 Å². The summed E-state index contributed by atoms with van der Waals surface area (Å²) in [7, 11) is 3.49. The molecule has 1 aromatic heterocycles. The summed E-state index contributed by atoms with van der Waals surface area (Å²) in [5.74, 6) is -0.182. The molecule has 0 aliphatic carbocycles. The number of amides is 1. The van der Waals surface area contributed by atoms with Gasteiger partial charge >= 0.3 is 6.61 Å². The minimum absolute atomic E-state index is 0. The van der Waals surface area contributed by atoms with Crippen molar-refractivity contribution >= 4 is 18.3 Å². The van der Waals surface area contributed by atoms with Crippen LogP contribution in [0.5, 0.6) is 5.75 Å². The van der Waals surface area contributed by atoms with Gasteiger partial charge in [0.2, 0.25) is 0 Å². The Morgan fingerprint density at radius 2 is 2.21 bits per heavy atom. The van der Waals surface area contributed by atoms with Crippen molar-refractivity contribution in [3.63, 3.8) is 0 Å². The van der Waals surface area contributed by atoms with Crippen molar-refractivity contribution in [3.05, 3.63) is 36.0 Å². The number of benzene rings is 1. The van der Waals surface area contributed by atoms with Gasteiger partial charge in [-0.05, 0) is 19.2 Å². The first kappa shape index (κ1) is 19.9. The molecular weight excluding hydrogens is 342 g/mol. The van der Waals surface area contributed by atoms with Gasteiger partial charge < -0.3 is 15.0 Å². The molecule has 0 saturated heterocycles. The number of rotatable bonds is 7. The van der Waals surface area contributed by atoms with Gasteiger partial charge in [0.15, 0.2) is 0 Å². The number of aromatic nitrogens is 2. The van der Waals surface area contributed by atoms with Gasteiger partial charge in [-0.3, -0.25) is 9.89 Å². The second-order valence-electron chi connectivity index (χ2n) is 4.90. The molecule has 0 saturated carbocycles. The topological polar surface area (TPSA) is 70.2 Å². The zero-order chi connectivity index (χ0) is 16.8. The first-order chi connectivity index (χ1) is 11.0. The van der Waals surface area contributed by atoms with E-state index < -0.39 is 6.61 Å². The van der Waals surface area contributed by atoms with E-state index in [0.717, 1.165) is 0 Å². The molecule has 6 nitrogen and oxygen atoms in total. The minimum atomic E-state index is -2.90. The monoisotopic (exact) mass is 360 g/mol. The number of alkyl halides is 2. The molecule has 1 aromatic carbocycles. The van der Waals surface area contributed by atoms with Gasteiger partial charge in [0.25, 0.3) is 5.91 Å². The van der Waals surface area contributed by atoms with Crippen LogP contribution in [0, 0.1) is 0 Å². The Hall–Kier alpha value is -2.19. The lowest BCUT2D eigenvalue weighted by Crippen LogP contribution is -2.32. The van der Waals surface area contributed by atoms with Crippen LogP contribution < -0.4 is 10.1 Å². The quantitative estimate of drug-likeness (QED) is 0.795. The van der Waals surface area contributed by atoms with Gasteiger partial charge in [-0.2, -0.15) is 13.9 Å². The third kappa shape index (κ3) is 4.90. The second kappa shape index (κ2) is 9.19. The number of nitrogens with zero attached hydrogens (tertiary/aromatic N) is 2. The number of hydrogen-bond acceptors (Lipinski definition) is 4. The summed E-state index contributed by atoms with van der Waals surface area (Å²) in [5.41, 5.74) is 1.38. The van der Waals surface area contributed by atoms with Crippen molar-refractivity contribution in [2.75, 3.05) is 27.2 Å². The van der Waals surface area contributed by atoms with Crippen LogP contribution in [0.3, 0.4) is 0 Å². The number of carbonyl (C=O) groups excluding carboxylic acids is 1. The molecule has 132 valence electrons. The molecular formula is C15H19ClF2N4O2. The highest BCUT2D eigenvalue weighted by Gasteiger charge is 2.19. The van der Waals surface area contributed by atoms with E-state index in [0.29, 0.717) is 29.9 Å². The van der Waals surface area contributed by atoms with Crippen LogP contribution in [0.4, 0.5) is 8.78 Å². The van der Waals surface area contributed by atoms with Gasteiger partial charge in [-0.1, -0.05) is 12.1 Å². The number of carbonyl (C=O) groups is 1. The van der Waals surface area contributed by atoms with Crippen molar-refractivity contribution < 1.29 is 18.3 Å². The molecule has 0 aliphatic heterocycles. The Morgan fingerprint density at radius 1 is 1.46 bits per heavy atom. The first-order valence-corrected chi connectivity index (χ1v) is 7.01. The van der Waals surface area contributed by atoms with E-state index >= 15 is 0 Å². The Kier molecular flexibility index (Phi) is 7.60. The summed E-state index contributed by atoms with van der Waals surface area (Å²) in [6.07, 6.45) is 1.42. The molecule has 0 bridgehead atoms. The summed E-state index contributed by atoms with van der Waals surface area (Å²) in [6.45, 7) is -1.71. The Bertz CT molecular complexity index is 666. The van der Waals surface area contributed by atoms with Gasteiger partial charge in [0.05, 0.1) is 17.5 Å². The van der Waals surface area contributed by atoms with Crippen LogP contribution >= 0.6 is 12.4 Å². The summed E-state index contributed by atoms with van der Waals surface area (Å²) >= 11 is 0. The average Bonchev–Trinajstić information content (AvgIpc) is 3.01. The maximum absolute atomic E-state index is 12.5. The fourth-order valence-corrected chi connectivity index (χ4v) is 2.08. The molecule has 0 radical (unpaired) electrons. The third-order valence-corrected chi connectivity index (χ3v) is 3.26. The number of H-pyrrole nitrogens is 1. The molecule has 0 aliphatic rings. The van der Waals surface area contributed by atoms with Gasteiger partial charge in [-0.25, -0.2) is 0 Å². The summed E-state index contributed by atoms with van der Waals surface area (Å²) in [6, 6.07) is 6.12. The van der Waals surface area contributed by atoms with E-state index in [1.165, 1.54) is 18.3 Å². The lowest BCUT2D eigenvalue weighted by atomic mass is 10.1. The van der Waals surface area contributed by atoms with Crippen molar-refractivity contribution in [1.82, 2.24) is 20.4 Å². The van der Waals surface area contributed by atoms with Crippen LogP contribution in [0.25, 0.3) is 11.3 Å². The van der Waals surface area contributed by atoms with E-state index in [2.05, 4.69) is 20.3 Å². The number of likely N-dealkylation sites (N-methyl/N-ethyl adjacent to an activating group) is 2. The third-order valence-electron chi connectivity index (χ3n) is 3.26. The maximum Gasteiger partial charge on any atom is 0.387 e. The molecule has 2 rings (SSSR count). The molecule has 0 spiro atoms. The first-order valence-electron chi connectivity index (χ1n) is 7.01. The number of hydrogen-bond donors (Lipinski definition) is 2. The molecule has 1 amide bonds. The fraction of sp³-hybridized carbons (Fsp3) is 0.333. The molecule has 1 heterocycles. The summed E-state index contributed by atoms with van der Waals surface area (Å²) in [4.78, 5) is 14.0. The van der Waals surface area contributed by atoms with Gasteiger partial charge in [0.1, 0.15) is 5.75 Å². The molecule has 9 heteroatoms. The molecule has 0 fully saturated rings. The lowest BCUT2D eigenvalue weighted by molar-refractivity contribution is -0.0498. The number of ether oxygens (including phenoxy) is 1. The Labute approximate surface area is 144 Å². The number of halogens is 3. The number of nitrogens with one attached hydrogen (secondary N) is 2. The Morgan fingerprint density at radius 3 is 2.88 bits per heavy atom. The fourth-order valence-electron chi connectivity index (χ4n) is 2.08. The average molecular weight is 361 g/mol. The summed E-state index contributed by atoms with van der Waals surface area (Å²) in [5, 5.41) is 9.60. The van der Waals surface area contributed by atoms with Crippen molar-refractivity contribution in [2.45, 2.75) is 6.61 Å². The maximum atomic E-state index is 12.5. The highest BCUT2D eigenvalue weighted by Crippen LogP contribution is 2.26. The van der Waals surface area contributed by atoms with Crippen LogP contribution in [0.1, 0.15) is 10.4 Å². The van der Waals surface area contributed by atoms with Crippen LogP contribution in [-0.4, -0.2) is 54.8 Å². The Balaban J connectivity index is 0.00000288. The van der Waals surface area contributed by atoms with Gasteiger partial charge in [-0.15, -0.1) is 12.4 Å². The molecule has 0 atom stereocenters. The molecule has 2 aromatic rings. The van der Waals surface area contributed by atoms with E-state index in [4.69, 9.17) is 0 Å². The summed E-state index contributed by atoms with van der Waals surface area (Å²) < 4.78 is 29.0. The minimum Gasteiger partial charge on any atom is -0.435 e. The van der Waals surface area contributed by atoms with Crippen LogP contribution in [0.2, 0.25) is 0 Å². The van der Waals surface area contributed by atoms with Crippen molar-refractivity contribution in [2.24, 2.45) is 0 Å². The molecule has 2 N–H and O–H groups in total. The van der Waals surface area contributed by atoms with Gasteiger partial charge in [0, 0.05) is 25.7 Å². The number of aromatic amines is 1. The predicted molar refractivity (Wildman–Crippen MR) is 88.8 cm³/mol. The molecule has 0 unspecified atom stereocenters. The van der Waals surface area contributed by atoms with E-state index in [1.807, 2.05) is 0 Å². The van der Waals surface area contributed by atoms with Crippen LogP contribution in [0.15, 0.2) is 30.5 Å². The second-order valence-corrected chi connectivity index (χ2v) is 4.90. The smallest absolute Gasteiger partial charge is 0.387 e. The van der Waals surface area contributed by atoms with Crippen molar-refractivity contribution in [1.29, 1.82) is 0 Å². The zero-order valence-electron chi connectivity index (χ0n) is 13.3. The highest BCUT2D eigenvalue weighted by molar-refractivity contribution is 5.99. The largest absolute Gasteiger partial charge is 0.435 e. The van der Waals surface area contributed by atoms with Crippen molar-refractivity contribution in [3.8, 4) is 17.0 Å². The standard InChI is InChI=1S/C15H18F2N4O2.ClH/c1-18-6-7-21(2)14(22)12-9-19-20-13(12)10-4-3-5-11(8-10)23-15(16)17;/h3-5,8-9,15,18H,6-7H2,1-2H3,(H,19,20);1H. The predicted octanol–water partition coefficient (Wildman–Crippen LogP) is 2.39. The lowest BCUT2D eigenvalue weighted by Gasteiger charge is -2.17. The van der Waals surface area contributed by atoms with Crippen LogP contribution in [-0.2, 0) is 0 Å². The zero-order valence-corrected chi connectivity index (χ0v) is 14.1. The molecule has 24 heavy (non-hydrogen) atoms. The highest BCUT2D eigenvalue weighted by atomic mass is 35.5. The normalized spacial score (nSPS) is 10.4. The SMILES string of the molecule is CNCCN(C)C(=O)c1cn[nH]c1-c1cccc(OC(F)F)c1.Cl. The van der Waals surface area contributed by atoms with E-state index in [-0.39, 0.29) is 24.1 Å². The van der Waals surface area contributed by atoms with E-state index in [9.17, 15) is 13.6 Å².